The quantitative estimate of drug-likeness (QED) is 0.437. The lowest BCUT2D eigenvalue weighted by molar-refractivity contribution is 0.101. The first-order valence-corrected chi connectivity index (χ1v) is 10.2. The molecule has 0 atom stereocenters. The maximum absolute atomic E-state index is 12.9. The van der Waals surface area contributed by atoms with Gasteiger partial charge in [-0.2, -0.15) is 0 Å². The van der Waals surface area contributed by atoms with Crippen LogP contribution >= 0.6 is 11.6 Å². The molecule has 0 N–H and O–H groups in total. The fourth-order valence-corrected chi connectivity index (χ4v) is 3.53. The molecule has 0 fully saturated rings. The molecule has 3 aromatic rings. The predicted octanol–water partition coefficient (Wildman–Crippen LogP) is 5.56. The summed E-state index contributed by atoms with van der Waals surface area (Å²) in [6.45, 7) is 0.304. The number of carbonyl (C=O) groups excluding carboxylic acids is 1. The van der Waals surface area contributed by atoms with Crippen LogP contribution in [-0.4, -0.2) is 27.1 Å². The molecule has 6 nitrogen and oxygen atoms in total. The van der Waals surface area contributed by atoms with E-state index in [1.807, 2.05) is 24.3 Å². The molecular weight excluding hydrogens is 432 g/mol. The standard InChI is InChI=1S/C25H21ClO6/c1-28-20-13-23(30-3)22(29-2)10-16(20)11-24-25(27)18-9-8-17(12-21(18)32-24)31-14-15-6-4-5-7-19(15)26/h4-13H,14H2,1-3H3/b24-11-. The van der Waals surface area contributed by atoms with Crippen LogP contribution in [0, 0.1) is 0 Å². The van der Waals surface area contributed by atoms with Crippen LogP contribution in [0.15, 0.2) is 60.4 Å². The summed E-state index contributed by atoms with van der Waals surface area (Å²) in [6.07, 6.45) is 1.62. The SMILES string of the molecule is COc1cc(OC)c(OC)cc1/C=C1\Oc2cc(OCc3ccccc3Cl)ccc2C1=O. The fourth-order valence-electron chi connectivity index (χ4n) is 3.34. The van der Waals surface area contributed by atoms with Crippen LogP contribution in [0.5, 0.6) is 28.7 Å². The second-order valence-corrected chi connectivity index (χ2v) is 7.33. The Labute approximate surface area is 190 Å². The molecular formula is C25H21ClO6. The van der Waals surface area contributed by atoms with E-state index in [1.165, 1.54) is 7.11 Å². The Morgan fingerprint density at radius 1 is 0.906 bits per heavy atom. The van der Waals surface area contributed by atoms with Crippen molar-refractivity contribution in [3.63, 3.8) is 0 Å². The molecule has 4 rings (SSSR count). The van der Waals surface area contributed by atoms with E-state index in [9.17, 15) is 4.79 Å². The third-order valence-corrected chi connectivity index (χ3v) is 5.38. The molecule has 0 bridgehead atoms. The predicted molar refractivity (Wildman–Crippen MR) is 121 cm³/mol. The smallest absolute Gasteiger partial charge is 0.231 e. The second-order valence-electron chi connectivity index (χ2n) is 6.93. The molecule has 0 radical (unpaired) electrons. The molecule has 1 aliphatic heterocycles. The van der Waals surface area contributed by atoms with Crippen LogP contribution in [0.25, 0.3) is 6.08 Å². The van der Waals surface area contributed by atoms with Crippen LogP contribution in [0.4, 0.5) is 0 Å². The van der Waals surface area contributed by atoms with Crippen molar-refractivity contribution in [2.24, 2.45) is 0 Å². The first-order chi connectivity index (χ1) is 15.5. The van der Waals surface area contributed by atoms with Gasteiger partial charge in [-0.15, -0.1) is 0 Å². The summed E-state index contributed by atoms with van der Waals surface area (Å²) in [5, 5.41) is 0.633. The summed E-state index contributed by atoms with van der Waals surface area (Å²) < 4.78 is 27.8. The Hall–Kier alpha value is -3.64. The lowest BCUT2D eigenvalue weighted by Gasteiger charge is -2.12. The summed E-state index contributed by atoms with van der Waals surface area (Å²) in [5.74, 6) is 2.50. The van der Waals surface area contributed by atoms with Crippen molar-refractivity contribution in [2.75, 3.05) is 21.3 Å². The van der Waals surface area contributed by atoms with E-state index in [0.717, 1.165) is 5.56 Å². The van der Waals surface area contributed by atoms with Gasteiger partial charge in [-0.25, -0.2) is 0 Å². The molecule has 3 aromatic carbocycles. The van der Waals surface area contributed by atoms with Gasteiger partial charge in [0.1, 0.15) is 23.9 Å². The van der Waals surface area contributed by atoms with Gasteiger partial charge in [0.2, 0.25) is 5.78 Å². The highest BCUT2D eigenvalue weighted by Crippen LogP contribution is 2.39. The summed E-state index contributed by atoms with van der Waals surface area (Å²) in [5.41, 5.74) is 1.95. The van der Waals surface area contributed by atoms with Gasteiger partial charge in [-0.1, -0.05) is 29.8 Å². The Bertz CT molecular complexity index is 1200. The van der Waals surface area contributed by atoms with Crippen LogP contribution < -0.4 is 23.7 Å². The van der Waals surface area contributed by atoms with Gasteiger partial charge in [0.25, 0.3) is 0 Å². The lowest BCUT2D eigenvalue weighted by atomic mass is 10.1. The molecule has 0 aromatic heterocycles. The minimum Gasteiger partial charge on any atom is -0.496 e. The largest absolute Gasteiger partial charge is 0.496 e. The number of benzene rings is 3. The van der Waals surface area contributed by atoms with Crippen molar-refractivity contribution in [1.82, 2.24) is 0 Å². The Morgan fingerprint density at radius 2 is 1.62 bits per heavy atom. The van der Waals surface area contributed by atoms with Gasteiger partial charge in [0.15, 0.2) is 17.3 Å². The van der Waals surface area contributed by atoms with Crippen molar-refractivity contribution in [2.45, 2.75) is 6.61 Å². The second kappa shape index (κ2) is 9.24. The summed E-state index contributed by atoms with van der Waals surface area (Å²) in [7, 11) is 4.62. The number of hydrogen-bond acceptors (Lipinski definition) is 6. The average Bonchev–Trinajstić information content (AvgIpc) is 3.12. The van der Waals surface area contributed by atoms with E-state index >= 15 is 0 Å². The lowest BCUT2D eigenvalue weighted by Crippen LogP contribution is -2.00. The van der Waals surface area contributed by atoms with Gasteiger partial charge in [-0.05, 0) is 30.3 Å². The number of fused-ring (bicyclic) bond motifs is 1. The van der Waals surface area contributed by atoms with Crippen LogP contribution in [0.1, 0.15) is 21.5 Å². The normalized spacial score (nSPS) is 13.5. The third-order valence-electron chi connectivity index (χ3n) is 5.02. The summed E-state index contributed by atoms with van der Waals surface area (Å²) in [6, 6.07) is 16.0. The minimum atomic E-state index is -0.227. The molecule has 0 saturated heterocycles. The molecule has 0 spiro atoms. The monoisotopic (exact) mass is 452 g/mol. The Morgan fingerprint density at radius 3 is 2.34 bits per heavy atom. The molecule has 1 heterocycles. The van der Waals surface area contributed by atoms with E-state index in [0.29, 0.717) is 51.5 Å². The number of hydrogen-bond donors (Lipinski definition) is 0. The van der Waals surface area contributed by atoms with Gasteiger partial charge < -0.3 is 23.7 Å². The number of allylic oxidation sites excluding steroid dienone is 1. The highest BCUT2D eigenvalue weighted by Gasteiger charge is 2.28. The third kappa shape index (κ3) is 4.22. The maximum atomic E-state index is 12.9. The summed E-state index contributed by atoms with van der Waals surface area (Å²) in [4.78, 5) is 12.9. The number of ketones is 1. The van der Waals surface area contributed by atoms with E-state index in [-0.39, 0.29) is 11.5 Å². The number of methoxy groups -OCH3 is 3. The molecule has 1 aliphatic rings. The van der Waals surface area contributed by atoms with Crippen molar-refractivity contribution >= 4 is 23.5 Å². The number of Topliss-reactive ketones (excluding diaryl/α,β-unsaturated/α-hetero) is 1. The molecule has 164 valence electrons. The van der Waals surface area contributed by atoms with E-state index < -0.39 is 0 Å². The highest BCUT2D eigenvalue weighted by atomic mass is 35.5. The van der Waals surface area contributed by atoms with Gasteiger partial charge in [0.05, 0.1) is 26.9 Å². The molecule has 0 amide bonds. The number of ether oxygens (including phenoxy) is 5. The van der Waals surface area contributed by atoms with Crippen molar-refractivity contribution in [1.29, 1.82) is 0 Å². The minimum absolute atomic E-state index is 0.175. The maximum Gasteiger partial charge on any atom is 0.231 e. The van der Waals surface area contributed by atoms with Crippen LogP contribution in [0.3, 0.4) is 0 Å². The number of rotatable bonds is 7. The summed E-state index contributed by atoms with van der Waals surface area (Å²) >= 11 is 6.18. The molecule has 7 heteroatoms. The van der Waals surface area contributed by atoms with E-state index in [2.05, 4.69) is 0 Å². The fraction of sp³-hybridized carbons (Fsp3) is 0.160. The van der Waals surface area contributed by atoms with Gasteiger partial charge in [0, 0.05) is 28.3 Å². The van der Waals surface area contributed by atoms with Crippen LogP contribution in [-0.2, 0) is 6.61 Å². The first-order valence-electron chi connectivity index (χ1n) is 9.78. The molecule has 0 unspecified atom stereocenters. The van der Waals surface area contributed by atoms with E-state index in [4.69, 9.17) is 35.3 Å². The number of carbonyl (C=O) groups is 1. The number of halogens is 1. The first kappa shape index (κ1) is 21.6. The van der Waals surface area contributed by atoms with Gasteiger partial charge in [-0.3, -0.25) is 4.79 Å². The van der Waals surface area contributed by atoms with Crippen molar-refractivity contribution in [3.05, 3.63) is 82.1 Å². The Balaban J connectivity index is 1.58. The Kier molecular flexibility index (Phi) is 6.23. The zero-order chi connectivity index (χ0) is 22.7. The molecule has 0 aliphatic carbocycles. The molecule has 32 heavy (non-hydrogen) atoms. The van der Waals surface area contributed by atoms with E-state index in [1.54, 1.807) is 50.6 Å². The van der Waals surface area contributed by atoms with Crippen LogP contribution in [0.2, 0.25) is 5.02 Å². The van der Waals surface area contributed by atoms with Crippen molar-refractivity contribution in [3.8, 4) is 28.7 Å². The molecule has 0 saturated carbocycles. The highest BCUT2D eigenvalue weighted by molar-refractivity contribution is 6.31. The topological polar surface area (TPSA) is 63.2 Å². The zero-order valence-electron chi connectivity index (χ0n) is 17.8. The average molecular weight is 453 g/mol. The zero-order valence-corrected chi connectivity index (χ0v) is 18.6. The van der Waals surface area contributed by atoms with Crippen molar-refractivity contribution < 1.29 is 28.5 Å². The van der Waals surface area contributed by atoms with Gasteiger partial charge >= 0.3 is 0 Å².